The fourth-order valence-corrected chi connectivity index (χ4v) is 8.67. The molecule has 0 saturated heterocycles. The van der Waals surface area contributed by atoms with Crippen molar-refractivity contribution in [3.63, 3.8) is 0 Å². The maximum atomic E-state index is 12.9. The molecule has 3 fully saturated rings. The van der Waals surface area contributed by atoms with Crippen molar-refractivity contribution in [3.05, 3.63) is 11.6 Å². The Kier molecular flexibility index (Phi) is 4.15. The zero-order chi connectivity index (χ0) is 19.8. The molecule has 3 nitrogen and oxygen atoms in total. The molecule has 6 atom stereocenters. The van der Waals surface area contributed by atoms with Crippen molar-refractivity contribution in [2.75, 3.05) is 0 Å². The van der Waals surface area contributed by atoms with Gasteiger partial charge in [0.1, 0.15) is 11.6 Å². The van der Waals surface area contributed by atoms with E-state index in [9.17, 15) is 14.4 Å². The Bertz CT molecular complexity index is 733. The molecule has 0 aromatic carbocycles. The van der Waals surface area contributed by atoms with E-state index < -0.39 is 5.41 Å². The normalized spacial score (nSPS) is 45.4. The SMILES string of the molecule is CC(=O)C1(C(C)=O)[C@H](C)C[C@H]2[C@@H]3CCC4=CC(=O)CC[C@]4(C)[C@H]3CC[C@@]21C. The van der Waals surface area contributed by atoms with Gasteiger partial charge in [-0.25, -0.2) is 0 Å². The van der Waals surface area contributed by atoms with Gasteiger partial charge in [-0.2, -0.15) is 0 Å². The first-order valence-corrected chi connectivity index (χ1v) is 10.8. The van der Waals surface area contributed by atoms with E-state index in [2.05, 4.69) is 20.8 Å². The first-order chi connectivity index (χ1) is 12.6. The van der Waals surface area contributed by atoms with Gasteiger partial charge in [-0.05, 0) is 93.0 Å². The number of rotatable bonds is 2. The minimum atomic E-state index is -0.803. The van der Waals surface area contributed by atoms with E-state index >= 15 is 0 Å². The Morgan fingerprint density at radius 1 is 1.00 bits per heavy atom. The van der Waals surface area contributed by atoms with E-state index in [1.807, 2.05) is 6.08 Å². The molecule has 0 aromatic heterocycles. The number of carbonyl (C=O) groups excluding carboxylic acids is 3. The van der Waals surface area contributed by atoms with Gasteiger partial charge in [0.25, 0.3) is 0 Å². The van der Waals surface area contributed by atoms with Gasteiger partial charge < -0.3 is 0 Å². The molecular formula is C24H34O3. The van der Waals surface area contributed by atoms with Crippen LogP contribution < -0.4 is 0 Å². The summed E-state index contributed by atoms with van der Waals surface area (Å²) in [6, 6.07) is 0. The topological polar surface area (TPSA) is 51.2 Å². The molecule has 0 bridgehead atoms. The first kappa shape index (κ1) is 19.1. The second-order valence-electron chi connectivity index (χ2n) is 10.5. The van der Waals surface area contributed by atoms with E-state index in [0.717, 1.165) is 38.5 Å². The monoisotopic (exact) mass is 370 g/mol. The van der Waals surface area contributed by atoms with E-state index in [1.54, 1.807) is 13.8 Å². The van der Waals surface area contributed by atoms with E-state index in [0.29, 0.717) is 30.0 Å². The summed E-state index contributed by atoms with van der Waals surface area (Å²) >= 11 is 0. The Hall–Kier alpha value is -1.25. The molecule has 0 spiro atoms. The molecular weight excluding hydrogens is 336 g/mol. The van der Waals surface area contributed by atoms with Gasteiger partial charge in [0.05, 0.1) is 5.41 Å². The Labute approximate surface area is 163 Å². The molecule has 3 saturated carbocycles. The Balaban J connectivity index is 1.76. The lowest BCUT2D eigenvalue weighted by Crippen LogP contribution is -2.57. The van der Waals surface area contributed by atoms with Crippen LogP contribution in [0, 0.1) is 39.9 Å². The average Bonchev–Trinajstić information content (AvgIpc) is 2.83. The summed E-state index contributed by atoms with van der Waals surface area (Å²) in [7, 11) is 0. The number of carbonyl (C=O) groups is 3. The second-order valence-corrected chi connectivity index (χ2v) is 10.5. The van der Waals surface area contributed by atoms with E-state index in [1.165, 1.54) is 5.57 Å². The van der Waals surface area contributed by atoms with Crippen LogP contribution in [0.25, 0.3) is 0 Å². The van der Waals surface area contributed by atoms with Crippen LogP contribution in [0.1, 0.15) is 79.6 Å². The number of allylic oxidation sites excluding steroid dienone is 1. The molecule has 0 amide bonds. The van der Waals surface area contributed by atoms with Gasteiger partial charge in [0, 0.05) is 6.42 Å². The third-order valence-electron chi connectivity index (χ3n) is 9.71. The zero-order valence-corrected chi connectivity index (χ0v) is 17.6. The van der Waals surface area contributed by atoms with Gasteiger partial charge in [-0.1, -0.05) is 26.3 Å². The van der Waals surface area contributed by atoms with Crippen LogP contribution in [-0.4, -0.2) is 17.3 Å². The highest BCUT2D eigenvalue weighted by Gasteiger charge is 2.70. The van der Waals surface area contributed by atoms with Crippen LogP contribution >= 0.6 is 0 Å². The molecule has 0 aromatic rings. The second kappa shape index (κ2) is 5.87. The van der Waals surface area contributed by atoms with Crippen molar-refractivity contribution < 1.29 is 14.4 Å². The smallest absolute Gasteiger partial charge is 0.155 e. The molecule has 4 aliphatic carbocycles. The number of fused-ring (bicyclic) bond motifs is 5. The predicted molar refractivity (Wildman–Crippen MR) is 105 cm³/mol. The molecule has 27 heavy (non-hydrogen) atoms. The minimum absolute atomic E-state index is 0.0804. The Morgan fingerprint density at radius 3 is 2.30 bits per heavy atom. The van der Waals surface area contributed by atoms with Crippen LogP contribution in [0.4, 0.5) is 0 Å². The van der Waals surface area contributed by atoms with Gasteiger partial charge in [0.2, 0.25) is 0 Å². The lowest BCUT2D eigenvalue weighted by Gasteiger charge is -2.59. The van der Waals surface area contributed by atoms with Gasteiger partial charge >= 0.3 is 0 Å². The van der Waals surface area contributed by atoms with Crippen LogP contribution in [0.5, 0.6) is 0 Å². The fraction of sp³-hybridized carbons (Fsp3) is 0.792. The lowest BCUT2D eigenvalue weighted by molar-refractivity contribution is -0.156. The van der Waals surface area contributed by atoms with Gasteiger partial charge in [-0.3, -0.25) is 14.4 Å². The van der Waals surface area contributed by atoms with Gasteiger partial charge in [-0.15, -0.1) is 0 Å². The molecule has 0 N–H and O–H groups in total. The summed E-state index contributed by atoms with van der Waals surface area (Å²) < 4.78 is 0. The third kappa shape index (κ3) is 2.17. The quantitative estimate of drug-likeness (QED) is 0.648. The van der Waals surface area contributed by atoms with Crippen molar-refractivity contribution in [1.82, 2.24) is 0 Å². The van der Waals surface area contributed by atoms with Crippen LogP contribution in [-0.2, 0) is 14.4 Å². The molecule has 4 aliphatic rings. The minimum Gasteiger partial charge on any atom is -0.299 e. The number of hydrogen-bond donors (Lipinski definition) is 0. The lowest BCUT2D eigenvalue weighted by atomic mass is 9.44. The molecule has 0 aliphatic heterocycles. The Morgan fingerprint density at radius 2 is 1.67 bits per heavy atom. The molecule has 148 valence electrons. The van der Waals surface area contributed by atoms with Crippen molar-refractivity contribution in [3.8, 4) is 0 Å². The number of Topliss-reactive ketones (excluding diaryl/α,β-unsaturated/α-hetero) is 2. The van der Waals surface area contributed by atoms with E-state index in [4.69, 9.17) is 0 Å². The summed E-state index contributed by atoms with van der Waals surface area (Å²) in [4.78, 5) is 37.8. The van der Waals surface area contributed by atoms with Crippen LogP contribution in [0.2, 0.25) is 0 Å². The maximum absolute atomic E-state index is 12.9. The van der Waals surface area contributed by atoms with Crippen molar-refractivity contribution in [1.29, 1.82) is 0 Å². The molecule has 0 radical (unpaired) electrons. The fourth-order valence-electron chi connectivity index (χ4n) is 8.67. The highest BCUT2D eigenvalue weighted by atomic mass is 16.2. The molecule has 3 heteroatoms. The summed E-state index contributed by atoms with van der Waals surface area (Å²) in [5.41, 5.74) is 0.494. The summed E-state index contributed by atoms with van der Waals surface area (Å²) in [5.74, 6) is 2.18. The zero-order valence-electron chi connectivity index (χ0n) is 17.6. The van der Waals surface area contributed by atoms with Crippen molar-refractivity contribution in [2.24, 2.45) is 39.9 Å². The van der Waals surface area contributed by atoms with Crippen LogP contribution in [0.15, 0.2) is 11.6 Å². The van der Waals surface area contributed by atoms with Crippen molar-refractivity contribution >= 4 is 17.3 Å². The number of hydrogen-bond acceptors (Lipinski definition) is 3. The predicted octanol–water partition coefficient (Wildman–Crippen LogP) is 4.93. The molecule has 4 rings (SSSR count). The van der Waals surface area contributed by atoms with E-state index in [-0.39, 0.29) is 28.3 Å². The first-order valence-electron chi connectivity index (χ1n) is 10.8. The number of ketones is 3. The highest BCUT2D eigenvalue weighted by Crippen LogP contribution is 2.71. The third-order valence-corrected chi connectivity index (χ3v) is 9.71. The van der Waals surface area contributed by atoms with Crippen LogP contribution in [0.3, 0.4) is 0 Å². The largest absolute Gasteiger partial charge is 0.299 e. The standard InChI is InChI=1S/C24H34O3/c1-14-12-21-19-7-6-17-13-18(27)8-10-22(17,4)20(19)9-11-23(21,5)24(14,15(2)25)16(3)26/h13-14,19-21H,6-12H2,1-5H3/t14-,19-,20+,21+,22+,23+/m1/s1. The molecule has 0 unspecified atom stereocenters. The summed E-state index contributed by atoms with van der Waals surface area (Å²) in [6.07, 6.45) is 8.74. The summed E-state index contributed by atoms with van der Waals surface area (Å²) in [6.45, 7) is 10.1. The van der Waals surface area contributed by atoms with Gasteiger partial charge in [0.15, 0.2) is 5.78 Å². The highest BCUT2D eigenvalue weighted by molar-refractivity contribution is 6.06. The summed E-state index contributed by atoms with van der Waals surface area (Å²) in [5, 5.41) is 0. The molecule has 0 heterocycles. The maximum Gasteiger partial charge on any atom is 0.155 e. The van der Waals surface area contributed by atoms with Crippen molar-refractivity contribution in [2.45, 2.75) is 79.6 Å². The average molecular weight is 371 g/mol.